The van der Waals surface area contributed by atoms with E-state index in [2.05, 4.69) is 21.2 Å². The number of carbonyl (C=O) groups is 2. The minimum Gasteiger partial charge on any atom is -0.339 e. The van der Waals surface area contributed by atoms with Gasteiger partial charge in [0.15, 0.2) is 0 Å². The van der Waals surface area contributed by atoms with Crippen LogP contribution in [0, 0.1) is 5.92 Å². The minimum absolute atomic E-state index is 0.0472. The molecule has 2 fully saturated rings. The topological polar surface area (TPSA) is 49.4 Å². The van der Waals surface area contributed by atoms with E-state index in [1.807, 2.05) is 29.2 Å². The summed E-state index contributed by atoms with van der Waals surface area (Å²) in [5.41, 5.74) is 0.775. The lowest BCUT2D eigenvalue weighted by Crippen LogP contribution is -2.38. The third-order valence-electron chi connectivity index (χ3n) is 4.66. The van der Waals surface area contributed by atoms with Crippen LogP contribution < -0.4 is 5.32 Å². The molecule has 0 aromatic heterocycles. The van der Waals surface area contributed by atoms with Gasteiger partial charge in [-0.25, -0.2) is 0 Å². The van der Waals surface area contributed by atoms with E-state index in [1.165, 1.54) is 19.3 Å². The number of amides is 2. The van der Waals surface area contributed by atoms with Crippen molar-refractivity contribution >= 4 is 33.4 Å². The predicted molar refractivity (Wildman–Crippen MR) is 89.5 cm³/mol. The zero-order valence-corrected chi connectivity index (χ0v) is 14.1. The molecule has 2 amide bonds. The number of likely N-dealkylation sites (tertiary alicyclic amines) is 1. The lowest BCUT2D eigenvalue weighted by Gasteiger charge is -2.31. The maximum absolute atomic E-state index is 12.4. The van der Waals surface area contributed by atoms with Crippen molar-refractivity contribution in [3.63, 3.8) is 0 Å². The summed E-state index contributed by atoms with van der Waals surface area (Å²) in [5.74, 6) is -0.130. The molecule has 0 bridgehead atoms. The van der Waals surface area contributed by atoms with Crippen LogP contribution >= 0.6 is 15.9 Å². The monoisotopic (exact) mass is 364 g/mol. The highest BCUT2D eigenvalue weighted by Crippen LogP contribution is 2.29. The molecular weight excluding hydrogens is 344 g/mol. The lowest BCUT2D eigenvalue weighted by molar-refractivity contribution is -0.130. The van der Waals surface area contributed by atoms with Crippen molar-refractivity contribution < 1.29 is 9.59 Å². The van der Waals surface area contributed by atoms with E-state index in [-0.39, 0.29) is 17.7 Å². The van der Waals surface area contributed by atoms with Crippen LogP contribution in [0.5, 0.6) is 0 Å². The predicted octanol–water partition coefficient (Wildman–Crippen LogP) is 3.57. The molecule has 1 N–H and O–H groups in total. The first-order valence-corrected chi connectivity index (χ1v) is 8.78. The van der Waals surface area contributed by atoms with Crippen molar-refractivity contribution in [1.29, 1.82) is 0 Å². The molecule has 0 spiro atoms. The van der Waals surface area contributed by atoms with Gasteiger partial charge in [-0.3, -0.25) is 9.59 Å². The molecule has 4 nitrogen and oxygen atoms in total. The molecule has 1 heterocycles. The highest BCUT2D eigenvalue weighted by Gasteiger charge is 2.38. The van der Waals surface area contributed by atoms with Gasteiger partial charge in [-0.1, -0.05) is 35.2 Å². The molecule has 1 aromatic carbocycles. The van der Waals surface area contributed by atoms with Gasteiger partial charge < -0.3 is 10.2 Å². The Morgan fingerprint density at radius 1 is 1.14 bits per heavy atom. The summed E-state index contributed by atoms with van der Waals surface area (Å²) in [4.78, 5) is 26.5. The van der Waals surface area contributed by atoms with Crippen LogP contribution in [0.25, 0.3) is 0 Å². The second kappa shape index (κ2) is 6.82. The zero-order valence-electron chi connectivity index (χ0n) is 12.6. The fraction of sp³-hybridized carbons (Fsp3) is 0.529. The summed E-state index contributed by atoms with van der Waals surface area (Å²) in [5, 5.41) is 2.92. The second-order valence-electron chi connectivity index (χ2n) is 6.24. The Bertz CT molecular complexity index is 552. The molecule has 118 valence electrons. The Balaban J connectivity index is 1.59. The Hall–Kier alpha value is -1.36. The summed E-state index contributed by atoms with van der Waals surface area (Å²) in [6.45, 7) is 0.575. The highest BCUT2D eigenvalue weighted by atomic mass is 79.9. The fourth-order valence-corrected chi connectivity index (χ4v) is 3.69. The van der Waals surface area contributed by atoms with Crippen LogP contribution in [0.1, 0.15) is 38.5 Å². The Morgan fingerprint density at radius 3 is 2.50 bits per heavy atom. The van der Waals surface area contributed by atoms with Crippen molar-refractivity contribution in [2.45, 2.75) is 44.6 Å². The average Bonchev–Trinajstić information content (AvgIpc) is 2.92. The molecule has 0 radical (unpaired) electrons. The maximum atomic E-state index is 12.4. The molecule has 1 aliphatic heterocycles. The standard InChI is InChI=1S/C17H21BrN2O2/c18-13-6-8-14(9-7-13)19-17(22)12-10-16(21)20(11-12)15-4-2-1-3-5-15/h6-9,12,15H,1-5,10-11H2,(H,19,22)/t12-/m0/s1. The van der Waals surface area contributed by atoms with E-state index in [0.29, 0.717) is 19.0 Å². The van der Waals surface area contributed by atoms with Crippen molar-refractivity contribution in [3.8, 4) is 0 Å². The van der Waals surface area contributed by atoms with E-state index in [0.717, 1.165) is 23.0 Å². The Labute approximate surface area is 139 Å². The van der Waals surface area contributed by atoms with Gasteiger partial charge in [0.25, 0.3) is 0 Å². The SMILES string of the molecule is O=C(Nc1ccc(Br)cc1)[C@H]1CC(=O)N(C2CCCCC2)C1. The van der Waals surface area contributed by atoms with Gasteiger partial charge in [0.05, 0.1) is 5.92 Å². The Morgan fingerprint density at radius 2 is 1.82 bits per heavy atom. The number of benzene rings is 1. The molecule has 0 unspecified atom stereocenters. The molecule has 5 heteroatoms. The molecule has 1 aromatic rings. The minimum atomic E-state index is -0.224. The van der Waals surface area contributed by atoms with Crippen molar-refractivity contribution in [1.82, 2.24) is 4.90 Å². The van der Waals surface area contributed by atoms with Gasteiger partial charge >= 0.3 is 0 Å². The van der Waals surface area contributed by atoms with Gasteiger partial charge in [-0.05, 0) is 37.1 Å². The number of nitrogens with one attached hydrogen (secondary N) is 1. The molecule has 2 aliphatic rings. The van der Waals surface area contributed by atoms with Crippen LogP contribution in [-0.4, -0.2) is 29.3 Å². The number of nitrogens with zero attached hydrogens (tertiary/aromatic N) is 1. The third kappa shape index (κ3) is 3.51. The van der Waals surface area contributed by atoms with Crippen molar-refractivity contribution in [2.24, 2.45) is 5.92 Å². The fourth-order valence-electron chi connectivity index (χ4n) is 3.43. The van der Waals surface area contributed by atoms with Crippen LogP contribution in [0.15, 0.2) is 28.7 Å². The number of anilines is 1. The second-order valence-corrected chi connectivity index (χ2v) is 7.15. The van der Waals surface area contributed by atoms with E-state index in [4.69, 9.17) is 0 Å². The van der Waals surface area contributed by atoms with E-state index < -0.39 is 0 Å². The molecule has 1 saturated heterocycles. The lowest BCUT2D eigenvalue weighted by atomic mass is 9.94. The number of halogens is 1. The first kappa shape index (κ1) is 15.5. The number of carbonyl (C=O) groups excluding carboxylic acids is 2. The summed E-state index contributed by atoms with van der Waals surface area (Å²) in [7, 11) is 0. The molecule has 1 saturated carbocycles. The van der Waals surface area contributed by atoms with Crippen molar-refractivity contribution in [2.75, 3.05) is 11.9 Å². The van der Waals surface area contributed by atoms with Gasteiger partial charge in [-0.2, -0.15) is 0 Å². The van der Waals surface area contributed by atoms with Gasteiger partial charge in [0, 0.05) is 29.2 Å². The average molecular weight is 365 g/mol. The van der Waals surface area contributed by atoms with Crippen LogP contribution in [-0.2, 0) is 9.59 Å². The summed E-state index contributed by atoms with van der Waals surface area (Å²) in [6.07, 6.45) is 6.19. The molecule has 22 heavy (non-hydrogen) atoms. The molecule has 3 rings (SSSR count). The zero-order chi connectivity index (χ0) is 15.5. The first-order chi connectivity index (χ1) is 10.6. The normalized spacial score (nSPS) is 22.9. The maximum Gasteiger partial charge on any atom is 0.229 e. The van der Waals surface area contributed by atoms with Crippen LogP contribution in [0.3, 0.4) is 0 Å². The summed E-state index contributed by atoms with van der Waals surface area (Å²) >= 11 is 3.37. The van der Waals surface area contributed by atoms with E-state index >= 15 is 0 Å². The molecule has 1 aliphatic carbocycles. The quantitative estimate of drug-likeness (QED) is 0.890. The third-order valence-corrected chi connectivity index (χ3v) is 5.19. The molecule has 1 atom stereocenters. The van der Waals surface area contributed by atoms with E-state index in [1.54, 1.807) is 0 Å². The van der Waals surface area contributed by atoms with Gasteiger partial charge in [-0.15, -0.1) is 0 Å². The van der Waals surface area contributed by atoms with Crippen LogP contribution in [0.4, 0.5) is 5.69 Å². The Kier molecular flexibility index (Phi) is 4.81. The number of hydrogen-bond donors (Lipinski definition) is 1. The number of rotatable bonds is 3. The first-order valence-electron chi connectivity index (χ1n) is 7.99. The van der Waals surface area contributed by atoms with Crippen molar-refractivity contribution in [3.05, 3.63) is 28.7 Å². The smallest absolute Gasteiger partial charge is 0.229 e. The van der Waals surface area contributed by atoms with Crippen LogP contribution in [0.2, 0.25) is 0 Å². The summed E-state index contributed by atoms with van der Waals surface area (Å²) < 4.78 is 0.977. The highest BCUT2D eigenvalue weighted by molar-refractivity contribution is 9.10. The summed E-state index contributed by atoms with van der Waals surface area (Å²) in [6, 6.07) is 7.86. The largest absolute Gasteiger partial charge is 0.339 e. The molecular formula is C17H21BrN2O2. The van der Waals surface area contributed by atoms with Gasteiger partial charge in [0.1, 0.15) is 0 Å². The number of hydrogen-bond acceptors (Lipinski definition) is 2. The van der Waals surface area contributed by atoms with E-state index in [9.17, 15) is 9.59 Å². The van der Waals surface area contributed by atoms with Gasteiger partial charge in [0.2, 0.25) is 11.8 Å².